The summed E-state index contributed by atoms with van der Waals surface area (Å²) >= 11 is 12.7. The zero-order valence-corrected chi connectivity index (χ0v) is 17.2. The number of carbonyl (C=O) groups is 2. The minimum Gasteiger partial charge on any atom is -0.324 e. The second-order valence-electron chi connectivity index (χ2n) is 6.09. The van der Waals surface area contributed by atoms with Crippen LogP contribution in [0, 0.1) is 0 Å². The maximum absolute atomic E-state index is 12.7. The Kier molecular flexibility index (Phi) is 5.61. The second-order valence-corrected chi connectivity index (χ2v) is 8.17. The minimum atomic E-state index is -0.273. The Hall–Kier alpha value is -2.75. The van der Waals surface area contributed by atoms with Crippen molar-refractivity contribution >= 4 is 74.5 Å². The lowest BCUT2D eigenvalue weighted by atomic mass is 10.2. The van der Waals surface area contributed by atoms with Gasteiger partial charge in [0.1, 0.15) is 9.84 Å². The van der Waals surface area contributed by atoms with Gasteiger partial charge in [-0.2, -0.15) is 0 Å². The Morgan fingerprint density at radius 2 is 2.07 bits per heavy atom. The van der Waals surface area contributed by atoms with E-state index in [1.54, 1.807) is 30.3 Å². The van der Waals surface area contributed by atoms with E-state index in [0.29, 0.717) is 31.0 Å². The molecule has 2 amide bonds. The lowest BCUT2D eigenvalue weighted by molar-refractivity contribution is -0.122. The summed E-state index contributed by atoms with van der Waals surface area (Å²) in [5, 5.41) is 10.8. The highest BCUT2D eigenvalue weighted by Gasteiger charge is 2.32. The van der Waals surface area contributed by atoms with Crippen LogP contribution in [0.2, 0.25) is 5.02 Å². The maximum atomic E-state index is 12.7. The molecule has 0 aliphatic carbocycles. The molecule has 29 heavy (non-hydrogen) atoms. The van der Waals surface area contributed by atoms with Crippen LogP contribution < -0.4 is 5.32 Å². The van der Waals surface area contributed by atoms with Gasteiger partial charge in [-0.25, -0.2) is 4.63 Å². The van der Waals surface area contributed by atoms with E-state index in [4.69, 9.17) is 23.8 Å². The molecule has 0 bridgehead atoms. The van der Waals surface area contributed by atoms with Gasteiger partial charge in [0.25, 0.3) is 5.91 Å². The van der Waals surface area contributed by atoms with Crippen LogP contribution in [0.15, 0.2) is 52.0 Å². The van der Waals surface area contributed by atoms with Gasteiger partial charge in [-0.1, -0.05) is 59.8 Å². The third-order valence-electron chi connectivity index (χ3n) is 4.19. The summed E-state index contributed by atoms with van der Waals surface area (Å²) in [6, 6.07) is 12.4. The van der Waals surface area contributed by atoms with Crippen LogP contribution in [0.5, 0.6) is 0 Å². The Labute approximate surface area is 180 Å². The molecule has 1 fully saturated rings. The number of halogens is 1. The predicted octanol–water partition coefficient (Wildman–Crippen LogP) is 4.11. The van der Waals surface area contributed by atoms with E-state index in [9.17, 15) is 9.59 Å². The molecule has 0 atom stereocenters. The highest BCUT2D eigenvalue weighted by atomic mass is 35.5. The number of benzene rings is 2. The summed E-state index contributed by atoms with van der Waals surface area (Å²) in [4.78, 5) is 26.9. The van der Waals surface area contributed by atoms with Gasteiger partial charge in [0.05, 0.1) is 10.6 Å². The van der Waals surface area contributed by atoms with Crippen molar-refractivity contribution in [3.05, 3.63) is 58.0 Å². The molecule has 0 saturated carbocycles. The molecule has 7 nitrogen and oxygen atoms in total. The van der Waals surface area contributed by atoms with Crippen LogP contribution in [0.1, 0.15) is 12.0 Å². The number of carbonyl (C=O) groups excluding carboxylic acids is 2. The number of thioether (sulfide) groups is 1. The Balaban J connectivity index is 1.41. The number of anilines is 1. The highest BCUT2D eigenvalue weighted by Crippen LogP contribution is 2.33. The number of thiocarbonyl (C=S) groups is 1. The second kappa shape index (κ2) is 8.32. The first-order chi connectivity index (χ1) is 14.0. The fourth-order valence-electron chi connectivity index (χ4n) is 2.76. The first-order valence-electron chi connectivity index (χ1n) is 8.54. The van der Waals surface area contributed by atoms with E-state index in [1.807, 2.05) is 18.2 Å². The molecule has 2 heterocycles. The fraction of sp³-hybridized carbons (Fsp3) is 0.105. The molecule has 1 saturated heterocycles. The number of nitrogens with zero attached hydrogens (tertiary/aromatic N) is 3. The summed E-state index contributed by atoms with van der Waals surface area (Å²) in [6.07, 6.45) is 1.79. The number of fused-ring (bicyclic) bond motifs is 1. The Morgan fingerprint density at radius 3 is 2.90 bits per heavy atom. The van der Waals surface area contributed by atoms with Crippen LogP contribution >= 0.6 is 35.6 Å². The maximum Gasteiger partial charge on any atom is 0.266 e. The molecule has 1 N–H and O–H groups in total. The molecular formula is C19H13ClN4O3S2. The third kappa shape index (κ3) is 4.16. The smallest absolute Gasteiger partial charge is 0.266 e. The van der Waals surface area contributed by atoms with Crippen molar-refractivity contribution in [3.63, 3.8) is 0 Å². The molecule has 3 aromatic rings. The van der Waals surface area contributed by atoms with Crippen molar-refractivity contribution in [2.75, 3.05) is 11.9 Å². The molecule has 146 valence electrons. The van der Waals surface area contributed by atoms with Crippen LogP contribution in [-0.4, -0.2) is 37.9 Å². The van der Waals surface area contributed by atoms with Crippen LogP contribution in [-0.2, 0) is 9.59 Å². The number of rotatable bonds is 5. The van der Waals surface area contributed by atoms with Gasteiger partial charge in [-0.05, 0) is 40.2 Å². The van der Waals surface area contributed by atoms with Gasteiger partial charge in [0.15, 0.2) is 5.52 Å². The van der Waals surface area contributed by atoms with Crippen molar-refractivity contribution in [1.29, 1.82) is 0 Å². The molecule has 1 aliphatic rings. The van der Waals surface area contributed by atoms with Crippen LogP contribution in [0.25, 0.3) is 17.1 Å². The molecule has 4 rings (SSSR count). The quantitative estimate of drug-likeness (QED) is 0.468. The van der Waals surface area contributed by atoms with Crippen molar-refractivity contribution in [3.8, 4) is 0 Å². The van der Waals surface area contributed by atoms with Gasteiger partial charge in [0, 0.05) is 18.0 Å². The molecule has 1 aliphatic heterocycles. The number of amides is 2. The van der Waals surface area contributed by atoms with Gasteiger partial charge in [-0.3, -0.25) is 14.5 Å². The van der Waals surface area contributed by atoms with Crippen molar-refractivity contribution in [2.45, 2.75) is 6.42 Å². The normalized spacial score (nSPS) is 15.5. The fourth-order valence-corrected chi connectivity index (χ4v) is 4.25. The lowest BCUT2D eigenvalue weighted by Crippen LogP contribution is -2.31. The standard InChI is InChI=1S/C19H13ClN4O3S2/c20-12-5-2-1-4-11(12)10-15-18(26)24(19(28)29-15)9-8-16(25)21-13-6-3-7-14-17(13)23-27-22-14/h1-7,10H,8-9H2,(H,21,25)/b15-10-. The lowest BCUT2D eigenvalue weighted by Gasteiger charge is -2.14. The molecule has 0 radical (unpaired) electrons. The van der Waals surface area contributed by atoms with Gasteiger partial charge in [0.2, 0.25) is 5.91 Å². The molecular weight excluding hydrogens is 432 g/mol. The number of nitrogens with one attached hydrogen (secondary N) is 1. The first-order valence-corrected chi connectivity index (χ1v) is 10.1. The van der Waals surface area contributed by atoms with Gasteiger partial charge in [-0.15, -0.1) is 0 Å². The molecule has 1 aromatic heterocycles. The summed E-state index contributed by atoms with van der Waals surface area (Å²) in [7, 11) is 0. The van der Waals surface area contributed by atoms with Gasteiger partial charge >= 0.3 is 0 Å². The van der Waals surface area contributed by atoms with E-state index < -0.39 is 0 Å². The monoisotopic (exact) mass is 444 g/mol. The van der Waals surface area contributed by atoms with E-state index in [1.165, 1.54) is 16.7 Å². The van der Waals surface area contributed by atoms with Crippen molar-refractivity contribution in [2.24, 2.45) is 0 Å². The zero-order chi connectivity index (χ0) is 20.4. The van der Waals surface area contributed by atoms with E-state index >= 15 is 0 Å². The van der Waals surface area contributed by atoms with Crippen molar-refractivity contribution in [1.82, 2.24) is 15.2 Å². The van der Waals surface area contributed by atoms with Crippen molar-refractivity contribution < 1.29 is 14.2 Å². The summed E-state index contributed by atoms with van der Waals surface area (Å²) in [5.41, 5.74) is 2.25. The molecule has 0 spiro atoms. The topological polar surface area (TPSA) is 88.3 Å². The molecule has 10 heteroatoms. The summed E-state index contributed by atoms with van der Waals surface area (Å²) in [6.45, 7) is 0.170. The molecule has 0 unspecified atom stereocenters. The summed E-state index contributed by atoms with van der Waals surface area (Å²) < 4.78 is 5.09. The summed E-state index contributed by atoms with van der Waals surface area (Å²) in [5.74, 6) is -0.514. The third-order valence-corrected chi connectivity index (χ3v) is 5.91. The van der Waals surface area contributed by atoms with Crippen LogP contribution in [0.3, 0.4) is 0 Å². The number of hydrogen-bond acceptors (Lipinski definition) is 7. The minimum absolute atomic E-state index is 0.0769. The van der Waals surface area contributed by atoms with Gasteiger partial charge < -0.3 is 5.32 Å². The van der Waals surface area contributed by atoms with E-state index in [2.05, 4.69) is 20.3 Å². The van der Waals surface area contributed by atoms with E-state index in [0.717, 1.165) is 5.56 Å². The SMILES string of the molecule is O=C(CCN1C(=O)/C(=C/c2ccccc2Cl)SC1=S)Nc1cccc2nonc12. The highest BCUT2D eigenvalue weighted by molar-refractivity contribution is 8.26. The largest absolute Gasteiger partial charge is 0.324 e. The number of hydrogen-bond donors (Lipinski definition) is 1. The Bertz CT molecular complexity index is 1160. The zero-order valence-electron chi connectivity index (χ0n) is 14.8. The van der Waals surface area contributed by atoms with Crippen LogP contribution in [0.4, 0.5) is 5.69 Å². The average Bonchev–Trinajstić information content (AvgIpc) is 3.28. The van der Waals surface area contributed by atoms with E-state index in [-0.39, 0.29) is 24.8 Å². The first kappa shape index (κ1) is 19.6. The Morgan fingerprint density at radius 1 is 1.24 bits per heavy atom. The predicted molar refractivity (Wildman–Crippen MR) is 116 cm³/mol. The average molecular weight is 445 g/mol. The number of aromatic nitrogens is 2. The molecule has 2 aromatic carbocycles.